The molecule has 2 unspecified atom stereocenters. The van der Waals surface area contributed by atoms with E-state index < -0.39 is 23.4 Å². The van der Waals surface area contributed by atoms with E-state index in [4.69, 9.17) is 5.73 Å². The van der Waals surface area contributed by atoms with Gasteiger partial charge in [-0.2, -0.15) is 0 Å². The van der Waals surface area contributed by atoms with Crippen molar-refractivity contribution < 1.29 is 19.8 Å². The lowest BCUT2D eigenvalue weighted by Crippen LogP contribution is -2.52. The molecule has 2 atom stereocenters. The topological polar surface area (TPSA) is 101 Å². The summed E-state index contributed by atoms with van der Waals surface area (Å²) in [5, 5.41) is 19.0. The minimum atomic E-state index is -1.32. The summed E-state index contributed by atoms with van der Waals surface area (Å²) in [7, 11) is 0. The molecule has 0 amide bonds. The second-order valence-corrected chi connectivity index (χ2v) is 5.28. The Morgan fingerprint density at radius 1 is 1.35 bits per heavy atom. The van der Waals surface area contributed by atoms with E-state index >= 15 is 0 Å². The van der Waals surface area contributed by atoms with Gasteiger partial charge in [0.15, 0.2) is 0 Å². The van der Waals surface area contributed by atoms with Gasteiger partial charge < -0.3 is 15.9 Å². The van der Waals surface area contributed by atoms with Crippen molar-refractivity contribution in [3.05, 3.63) is 22.8 Å². The van der Waals surface area contributed by atoms with Crippen LogP contribution in [0.2, 0.25) is 0 Å². The van der Waals surface area contributed by atoms with Gasteiger partial charge in [0.2, 0.25) is 0 Å². The SMILES string of the molecule is CCCCC1=C(C(=O)O)C(N)C(CC)(C(=O)O)C(C)=C1. The third kappa shape index (κ3) is 2.50. The molecule has 1 aliphatic rings. The van der Waals surface area contributed by atoms with E-state index in [1.807, 2.05) is 6.92 Å². The third-order valence-electron chi connectivity index (χ3n) is 4.25. The fourth-order valence-electron chi connectivity index (χ4n) is 2.96. The maximum absolute atomic E-state index is 11.7. The molecule has 0 radical (unpaired) electrons. The van der Waals surface area contributed by atoms with Crippen LogP contribution in [0.1, 0.15) is 46.5 Å². The highest BCUT2D eigenvalue weighted by molar-refractivity contribution is 5.94. The van der Waals surface area contributed by atoms with Crippen molar-refractivity contribution in [1.82, 2.24) is 0 Å². The van der Waals surface area contributed by atoms with Crippen LogP contribution >= 0.6 is 0 Å². The van der Waals surface area contributed by atoms with Crippen LogP contribution < -0.4 is 5.73 Å². The molecule has 5 nitrogen and oxygen atoms in total. The molecule has 0 aromatic heterocycles. The Balaban J connectivity index is 3.40. The molecule has 20 heavy (non-hydrogen) atoms. The van der Waals surface area contributed by atoms with Crippen molar-refractivity contribution in [3.63, 3.8) is 0 Å². The minimum absolute atomic E-state index is 0.0494. The lowest BCUT2D eigenvalue weighted by molar-refractivity contribution is -0.147. The van der Waals surface area contributed by atoms with Crippen LogP contribution in [-0.2, 0) is 9.59 Å². The lowest BCUT2D eigenvalue weighted by atomic mass is 9.65. The summed E-state index contributed by atoms with van der Waals surface area (Å²) in [4.78, 5) is 23.2. The van der Waals surface area contributed by atoms with Gasteiger partial charge in [0, 0.05) is 0 Å². The second kappa shape index (κ2) is 6.22. The zero-order valence-electron chi connectivity index (χ0n) is 12.3. The average molecular weight is 281 g/mol. The Kier molecular flexibility index (Phi) is 5.11. The quantitative estimate of drug-likeness (QED) is 0.693. The minimum Gasteiger partial charge on any atom is -0.481 e. The third-order valence-corrected chi connectivity index (χ3v) is 4.25. The van der Waals surface area contributed by atoms with Crippen molar-refractivity contribution in [2.45, 2.75) is 52.5 Å². The molecular weight excluding hydrogens is 258 g/mol. The van der Waals surface area contributed by atoms with Crippen LogP contribution in [0.5, 0.6) is 0 Å². The van der Waals surface area contributed by atoms with Crippen LogP contribution in [0.4, 0.5) is 0 Å². The van der Waals surface area contributed by atoms with E-state index in [1.165, 1.54) is 0 Å². The monoisotopic (exact) mass is 281 g/mol. The Hall–Kier alpha value is -1.62. The molecule has 0 saturated carbocycles. The maximum Gasteiger partial charge on any atom is 0.333 e. The number of hydrogen-bond acceptors (Lipinski definition) is 3. The normalized spacial score (nSPS) is 26.4. The van der Waals surface area contributed by atoms with Gasteiger partial charge in [0.25, 0.3) is 0 Å². The predicted molar refractivity (Wildman–Crippen MR) is 76.3 cm³/mol. The zero-order chi connectivity index (χ0) is 15.5. The van der Waals surface area contributed by atoms with E-state index in [2.05, 4.69) is 0 Å². The number of rotatable bonds is 6. The van der Waals surface area contributed by atoms with Crippen molar-refractivity contribution >= 4 is 11.9 Å². The van der Waals surface area contributed by atoms with Gasteiger partial charge in [0.1, 0.15) is 5.41 Å². The van der Waals surface area contributed by atoms with Crippen LogP contribution in [0, 0.1) is 5.41 Å². The fraction of sp³-hybridized carbons (Fsp3) is 0.600. The highest BCUT2D eigenvalue weighted by Gasteiger charge is 2.49. The Labute approximate surface area is 119 Å². The van der Waals surface area contributed by atoms with Gasteiger partial charge in [0.05, 0.1) is 11.6 Å². The van der Waals surface area contributed by atoms with Crippen LogP contribution in [-0.4, -0.2) is 28.2 Å². The Morgan fingerprint density at radius 3 is 2.35 bits per heavy atom. The van der Waals surface area contributed by atoms with Gasteiger partial charge in [-0.15, -0.1) is 0 Å². The van der Waals surface area contributed by atoms with E-state index in [1.54, 1.807) is 19.9 Å². The zero-order valence-corrected chi connectivity index (χ0v) is 12.3. The van der Waals surface area contributed by atoms with Crippen LogP contribution in [0.15, 0.2) is 22.8 Å². The molecule has 0 saturated heterocycles. The van der Waals surface area contributed by atoms with E-state index in [0.717, 1.165) is 12.8 Å². The first-order chi connectivity index (χ1) is 9.32. The Bertz CT molecular complexity index is 478. The van der Waals surface area contributed by atoms with Crippen molar-refractivity contribution in [3.8, 4) is 0 Å². The highest BCUT2D eigenvalue weighted by Crippen LogP contribution is 2.43. The molecule has 1 aliphatic carbocycles. The molecular formula is C15H23NO4. The van der Waals surface area contributed by atoms with Crippen LogP contribution in [0.25, 0.3) is 0 Å². The van der Waals surface area contributed by atoms with Crippen molar-refractivity contribution in [2.24, 2.45) is 11.1 Å². The van der Waals surface area contributed by atoms with Gasteiger partial charge in [-0.25, -0.2) is 4.79 Å². The molecule has 0 aliphatic heterocycles. The standard InChI is InChI=1S/C15H23NO4/c1-4-6-7-10-8-9(3)15(5-2,14(19)20)12(16)11(10)13(17)18/h8,12H,4-7,16H2,1-3H3,(H,17,18)(H,19,20). The molecule has 4 N–H and O–H groups in total. The summed E-state index contributed by atoms with van der Waals surface area (Å²) in [6, 6.07) is -1.01. The summed E-state index contributed by atoms with van der Waals surface area (Å²) in [6.07, 6.45) is 4.39. The first kappa shape index (κ1) is 16.4. The lowest BCUT2D eigenvalue weighted by Gasteiger charge is -2.39. The first-order valence-corrected chi connectivity index (χ1v) is 6.96. The molecule has 0 bridgehead atoms. The van der Waals surface area contributed by atoms with E-state index in [0.29, 0.717) is 17.6 Å². The van der Waals surface area contributed by atoms with Crippen molar-refractivity contribution in [2.75, 3.05) is 0 Å². The number of unbranched alkanes of at least 4 members (excludes halogenated alkanes) is 1. The highest BCUT2D eigenvalue weighted by atomic mass is 16.4. The van der Waals surface area contributed by atoms with Gasteiger partial charge >= 0.3 is 11.9 Å². The number of carboxylic acids is 2. The predicted octanol–water partition coefficient (Wildman–Crippen LogP) is 2.33. The fourth-order valence-corrected chi connectivity index (χ4v) is 2.96. The van der Waals surface area contributed by atoms with E-state index in [-0.39, 0.29) is 12.0 Å². The molecule has 0 aromatic carbocycles. The summed E-state index contributed by atoms with van der Waals surface area (Å²) in [6.45, 7) is 5.47. The largest absolute Gasteiger partial charge is 0.481 e. The molecule has 112 valence electrons. The van der Waals surface area contributed by atoms with Crippen molar-refractivity contribution in [1.29, 1.82) is 0 Å². The number of aliphatic carboxylic acids is 2. The van der Waals surface area contributed by atoms with Gasteiger partial charge in [-0.1, -0.05) is 31.9 Å². The smallest absolute Gasteiger partial charge is 0.333 e. The molecule has 0 fully saturated rings. The summed E-state index contributed by atoms with van der Waals surface area (Å²) >= 11 is 0. The second-order valence-electron chi connectivity index (χ2n) is 5.28. The number of carboxylic acid groups (broad SMARTS) is 2. The van der Waals surface area contributed by atoms with Crippen LogP contribution in [0.3, 0.4) is 0 Å². The maximum atomic E-state index is 11.7. The molecule has 1 rings (SSSR count). The summed E-state index contributed by atoms with van der Waals surface area (Å²) < 4.78 is 0. The van der Waals surface area contributed by atoms with E-state index in [9.17, 15) is 19.8 Å². The Morgan fingerprint density at radius 2 is 1.95 bits per heavy atom. The van der Waals surface area contributed by atoms with Gasteiger partial charge in [-0.3, -0.25) is 4.79 Å². The summed E-state index contributed by atoms with van der Waals surface area (Å²) in [5.41, 5.74) is 6.09. The van der Waals surface area contributed by atoms with Gasteiger partial charge in [-0.05, 0) is 31.8 Å². The average Bonchev–Trinajstić information content (AvgIpc) is 2.35. The molecule has 0 aromatic rings. The number of nitrogens with two attached hydrogens (primary N) is 1. The number of hydrogen-bond donors (Lipinski definition) is 3. The number of allylic oxidation sites excluding steroid dienone is 2. The number of carbonyl (C=O) groups is 2. The molecule has 0 spiro atoms. The molecule has 5 heteroatoms. The molecule has 0 heterocycles. The first-order valence-electron chi connectivity index (χ1n) is 6.96. The summed E-state index contributed by atoms with van der Waals surface area (Å²) in [5.74, 6) is -2.18.